The Morgan fingerprint density at radius 3 is 2.45 bits per heavy atom. The highest BCUT2D eigenvalue weighted by Crippen LogP contribution is 2.31. The molecule has 2 aromatic rings. The molecule has 0 spiro atoms. The third kappa shape index (κ3) is 3.62. The van der Waals surface area contributed by atoms with Gasteiger partial charge in [-0.05, 0) is 35.7 Å². The van der Waals surface area contributed by atoms with Gasteiger partial charge in [0.25, 0.3) is 10.0 Å². The molecule has 1 N–H and O–H groups in total. The fourth-order valence-corrected chi connectivity index (χ4v) is 3.95. The molecule has 0 aliphatic heterocycles. The summed E-state index contributed by atoms with van der Waals surface area (Å²) in [6.45, 7) is 4.04. The summed E-state index contributed by atoms with van der Waals surface area (Å²) in [5, 5.41) is 0. The van der Waals surface area contributed by atoms with Gasteiger partial charge in [-0.25, -0.2) is 8.42 Å². The first-order chi connectivity index (χ1) is 10.3. The van der Waals surface area contributed by atoms with Crippen molar-refractivity contribution in [3.8, 4) is 5.75 Å². The van der Waals surface area contributed by atoms with Gasteiger partial charge in [-0.2, -0.15) is 0 Å². The van der Waals surface area contributed by atoms with Crippen molar-refractivity contribution in [2.75, 3.05) is 11.8 Å². The zero-order chi connectivity index (χ0) is 16.3. The van der Waals surface area contributed by atoms with Crippen LogP contribution in [0.4, 0.5) is 5.69 Å². The zero-order valence-electron chi connectivity index (χ0n) is 12.6. The molecule has 0 aromatic heterocycles. The lowest BCUT2D eigenvalue weighted by Gasteiger charge is -2.16. The van der Waals surface area contributed by atoms with Gasteiger partial charge in [0.1, 0.15) is 10.6 Å². The quantitative estimate of drug-likeness (QED) is 0.832. The first-order valence-corrected chi connectivity index (χ1v) is 9.08. The second-order valence-corrected chi connectivity index (χ2v) is 7.71. The molecule has 0 saturated carbocycles. The molecule has 0 saturated heterocycles. The lowest BCUT2D eigenvalue weighted by atomic mass is 10.0. The molecule has 6 heteroatoms. The SMILES string of the molecule is COc1ccc(Br)cc1S(=O)(=O)Nc1ccccc1C(C)C. The van der Waals surface area contributed by atoms with Crippen molar-refractivity contribution in [3.05, 3.63) is 52.5 Å². The highest BCUT2D eigenvalue weighted by Gasteiger charge is 2.21. The van der Waals surface area contributed by atoms with E-state index in [9.17, 15) is 8.42 Å². The van der Waals surface area contributed by atoms with Gasteiger partial charge in [-0.1, -0.05) is 48.0 Å². The number of methoxy groups -OCH3 is 1. The van der Waals surface area contributed by atoms with E-state index in [-0.39, 0.29) is 10.8 Å². The molecule has 22 heavy (non-hydrogen) atoms. The van der Waals surface area contributed by atoms with Crippen LogP contribution in [0.15, 0.2) is 51.8 Å². The molecule has 0 fully saturated rings. The van der Waals surface area contributed by atoms with Crippen molar-refractivity contribution in [2.24, 2.45) is 0 Å². The van der Waals surface area contributed by atoms with Crippen LogP contribution in [0.1, 0.15) is 25.3 Å². The maximum Gasteiger partial charge on any atom is 0.265 e. The lowest BCUT2D eigenvalue weighted by molar-refractivity contribution is 0.403. The number of halogens is 1. The van der Waals surface area contributed by atoms with Crippen molar-refractivity contribution in [1.29, 1.82) is 0 Å². The fraction of sp³-hybridized carbons (Fsp3) is 0.250. The highest BCUT2D eigenvalue weighted by atomic mass is 79.9. The summed E-state index contributed by atoms with van der Waals surface area (Å²) < 4.78 is 33.9. The molecular weight excluding hydrogens is 366 g/mol. The minimum Gasteiger partial charge on any atom is -0.495 e. The normalized spacial score (nSPS) is 11.5. The van der Waals surface area contributed by atoms with E-state index in [4.69, 9.17) is 4.74 Å². The van der Waals surface area contributed by atoms with Gasteiger partial charge in [-0.15, -0.1) is 0 Å². The molecule has 0 amide bonds. The van der Waals surface area contributed by atoms with E-state index in [1.165, 1.54) is 13.2 Å². The summed E-state index contributed by atoms with van der Waals surface area (Å²) in [6.07, 6.45) is 0. The van der Waals surface area contributed by atoms with Crippen LogP contribution in [-0.2, 0) is 10.0 Å². The van der Waals surface area contributed by atoms with Crippen LogP contribution in [0.3, 0.4) is 0 Å². The second-order valence-electron chi connectivity index (χ2n) is 5.14. The second kappa shape index (κ2) is 6.71. The van der Waals surface area contributed by atoms with E-state index in [1.807, 2.05) is 32.0 Å². The Balaban J connectivity index is 2.47. The monoisotopic (exact) mass is 383 g/mol. The van der Waals surface area contributed by atoms with Gasteiger partial charge >= 0.3 is 0 Å². The Morgan fingerprint density at radius 2 is 1.82 bits per heavy atom. The number of sulfonamides is 1. The van der Waals surface area contributed by atoms with Crippen LogP contribution in [0.25, 0.3) is 0 Å². The molecule has 2 rings (SSSR count). The predicted molar refractivity (Wildman–Crippen MR) is 92.0 cm³/mol. The number of benzene rings is 2. The van der Waals surface area contributed by atoms with Gasteiger partial charge in [-0.3, -0.25) is 4.72 Å². The van der Waals surface area contributed by atoms with E-state index >= 15 is 0 Å². The van der Waals surface area contributed by atoms with E-state index in [1.54, 1.807) is 18.2 Å². The first-order valence-electron chi connectivity index (χ1n) is 6.80. The maximum atomic E-state index is 12.7. The average molecular weight is 384 g/mol. The van der Waals surface area contributed by atoms with E-state index in [0.29, 0.717) is 15.9 Å². The van der Waals surface area contributed by atoms with E-state index < -0.39 is 10.0 Å². The van der Waals surface area contributed by atoms with Crippen molar-refractivity contribution < 1.29 is 13.2 Å². The Labute approximate surface area is 139 Å². The topological polar surface area (TPSA) is 55.4 Å². The molecule has 0 unspecified atom stereocenters. The third-order valence-corrected chi connectivity index (χ3v) is 5.12. The molecule has 0 atom stereocenters. The number of anilines is 1. The first kappa shape index (κ1) is 16.8. The number of rotatable bonds is 5. The van der Waals surface area contributed by atoms with Gasteiger partial charge in [0, 0.05) is 4.47 Å². The maximum absolute atomic E-state index is 12.7. The zero-order valence-corrected chi connectivity index (χ0v) is 15.0. The standard InChI is InChI=1S/C16H18BrNO3S/c1-11(2)13-6-4-5-7-14(13)18-22(19,20)16-10-12(17)8-9-15(16)21-3/h4-11,18H,1-3H3. The van der Waals surface area contributed by atoms with Crippen molar-refractivity contribution in [3.63, 3.8) is 0 Å². The molecule has 0 aliphatic rings. The lowest BCUT2D eigenvalue weighted by Crippen LogP contribution is -2.15. The number of nitrogens with one attached hydrogen (secondary N) is 1. The van der Waals surface area contributed by atoms with Crippen molar-refractivity contribution >= 4 is 31.6 Å². The molecule has 0 heterocycles. The number of hydrogen-bond donors (Lipinski definition) is 1. The predicted octanol–water partition coefficient (Wildman–Crippen LogP) is 4.38. The van der Waals surface area contributed by atoms with Crippen LogP contribution in [-0.4, -0.2) is 15.5 Å². The molecule has 2 aromatic carbocycles. The van der Waals surface area contributed by atoms with E-state index in [2.05, 4.69) is 20.7 Å². The smallest absolute Gasteiger partial charge is 0.265 e. The number of hydrogen-bond acceptors (Lipinski definition) is 3. The molecule has 0 aliphatic carbocycles. The summed E-state index contributed by atoms with van der Waals surface area (Å²) >= 11 is 3.29. The number of para-hydroxylation sites is 1. The van der Waals surface area contributed by atoms with Gasteiger partial charge in [0.05, 0.1) is 12.8 Å². The average Bonchev–Trinajstić information content (AvgIpc) is 2.47. The summed E-state index contributed by atoms with van der Waals surface area (Å²) in [5.41, 5.74) is 1.53. The van der Waals surface area contributed by atoms with Gasteiger partial charge in [0.15, 0.2) is 0 Å². The van der Waals surface area contributed by atoms with Gasteiger partial charge in [0.2, 0.25) is 0 Å². The Hall–Kier alpha value is -1.53. The molecule has 118 valence electrons. The molecule has 0 bridgehead atoms. The molecule has 4 nitrogen and oxygen atoms in total. The van der Waals surface area contributed by atoms with Crippen LogP contribution in [0.2, 0.25) is 0 Å². The minimum atomic E-state index is -3.74. The molecule has 0 radical (unpaired) electrons. The third-order valence-electron chi connectivity index (χ3n) is 3.24. The summed E-state index contributed by atoms with van der Waals surface area (Å²) in [6, 6.07) is 12.3. The fourth-order valence-electron chi connectivity index (χ4n) is 2.15. The van der Waals surface area contributed by atoms with Crippen molar-refractivity contribution in [2.45, 2.75) is 24.7 Å². The summed E-state index contributed by atoms with van der Waals surface area (Å²) in [4.78, 5) is 0.0999. The summed E-state index contributed by atoms with van der Waals surface area (Å²) in [5.74, 6) is 0.515. The van der Waals surface area contributed by atoms with Crippen LogP contribution >= 0.6 is 15.9 Å². The van der Waals surface area contributed by atoms with Gasteiger partial charge < -0.3 is 4.74 Å². The molecular formula is C16H18BrNO3S. The number of ether oxygens (including phenoxy) is 1. The van der Waals surface area contributed by atoms with Crippen LogP contribution < -0.4 is 9.46 Å². The van der Waals surface area contributed by atoms with Crippen LogP contribution in [0.5, 0.6) is 5.75 Å². The Kier molecular flexibility index (Phi) is 5.13. The largest absolute Gasteiger partial charge is 0.495 e. The van der Waals surface area contributed by atoms with Crippen molar-refractivity contribution in [1.82, 2.24) is 0 Å². The summed E-state index contributed by atoms with van der Waals surface area (Å²) in [7, 11) is -2.29. The minimum absolute atomic E-state index is 0.0999. The Bertz CT molecular complexity index is 773. The van der Waals surface area contributed by atoms with Crippen LogP contribution in [0, 0.1) is 0 Å². The Morgan fingerprint density at radius 1 is 1.14 bits per heavy atom. The highest BCUT2D eigenvalue weighted by molar-refractivity contribution is 9.10. The van der Waals surface area contributed by atoms with E-state index in [0.717, 1.165) is 5.56 Å².